The quantitative estimate of drug-likeness (QED) is 0.473. The number of ether oxygens (including phenoxy) is 1. The summed E-state index contributed by atoms with van der Waals surface area (Å²) < 4.78 is 9.29. The molecule has 9 heteroatoms. The van der Waals surface area contributed by atoms with Gasteiger partial charge in [-0.25, -0.2) is 4.98 Å². The smallest absolute Gasteiger partial charge is 0.272 e. The van der Waals surface area contributed by atoms with E-state index in [2.05, 4.69) is 5.32 Å². The van der Waals surface area contributed by atoms with Crippen LogP contribution < -0.4 is 15.6 Å². The summed E-state index contributed by atoms with van der Waals surface area (Å²) in [5, 5.41) is 3.75. The van der Waals surface area contributed by atoms with Crippen LogP contribution in [-0.4, -0.2) is 38.0 Å². The topological polar surface area (TPSA) is 95.2 Å². The highest BCUT2D eigenvalue weighted by Crippen LogP contribution is 2.31. The summed E-state index contributed by atoms with van der Waals surface area (Å²) in [6.45, 7) is 5.91. The van der Waals surface area contributed by atoms with Gasteiger partial charge in [0.1, 0.15) is 11.2 Å². The number of halogens is 1. The number of Topliss-reactive ketones (excluding diaryl/α,β-unsaturated/α-hetero) is 1. The molecule has 192 valence electrons. The van der Waals surface area contributed by atoms with Gasteiger partial charge >= 0.3 is 0 Å². The molecule has 1 aromatic carbocycles. The van der Waals surface area contributed by atoms with E-state index in [1.807, 2.05) is 39.0 Å². The number of hydrogen-bond donors (Lipinski definition) is 1. The van der Waals surface area contributed by atoms with Crippen LogP contribution in [0.3, 0.4) is 0 Å². The van der Waals surface area contributed by atoms with Crippen molar-refractivity contribution < 1.29 is 14.3 Å². The summed E-state index contributed by atoms with van der Waals surface area (Å²) in [5.41, 5.74) is 1.16. The number of fused-ring (bicyclic) bond motifs is 1. The molecule has 0 radical (unpaired) electrons. The second kappa shape index (κ2) is 10.9. The molecule has 1 unspecified atom stereocenters. The van der Waals surface area contributed by atoms with Crippen LogP contribution in [0.2, 0.25) is 5.02 Å². The Bertz CT molecular complexity index is 1360. The van der Waals surface area contributed by atoms with E-state index in [1.54, 1.807) is 22.2 Å². The highest BCUT2D eigenvalue weighted by molar-refractivity contribution is 6.30. The third kappa shape index (κ3) is 5.19. The van der Waals surface area contributed by atoms with Crippen molar-refractivity contribution in [3.8, 4) is 5.75 Å². The van der Waals surface area contributed by atoms with Crippen LogP contribution in [0.25, 0.3) is 11.0 Å². The number of nitrogens with one attached hydrogen (secondary N) is 1. The molecule has 1 aliphatic rings. The van der Waals surface area contributed by atoms with Crippen molar-refractivity contribution in [2.24, 2.45) is 7.05 Å². The fourth-order valence-electron chi connectivity index (χ4n) is 4.80. The number of hydrogen-bond acceptors (Lipinski definition) is 5. The minimum atomic E-state index is -0.538. The van der Waals surface area contributed by atoms with E-state index in [0.717, 1.165) is 24.8 Å². The molecule has 2 aromatic heterocycles. The van der Waals surface area contributed by atoms with Crippen molar-refractivity contribution in [2.75, 3.05) is 0 Å². The molecule has 4 rings (SSSR count). The number of carbonyl (C=O) groups is 2. The van der Waals surface area contributed by atoms with Gasteiger partial charge in [-0.1, -0.05) is 43.5 Å². The number of rotatable bonds is 7. The number of aryl methyl sites for hydroxylation is 2. The molecule has 36 heavy (non-hydrogen) atoms. The average Bonchev–Trinajstić information content (AvgIpc) is 2.94. The SMILES string of the molecule is CCc1nc2c(c(OC(C)C)c(C(=O)NC3CCCCCC3=O)n2C)c(=O)n1Cc1cccc(Cl)c1. The second-order valence-electron chi connectivity index (χ2n) is 9.60. The van der Waals surface area contributed by atoms with Crippen LogP contribution in [0.1, 0.15) is 74.8 Å². The Kier molecular flexibility index (Phi) is 7.83. The third-order valence-electron chi connectivity index (χ3n) is 6.55. The lowest BCUT2D eigenvalue weighted by Crippen LogP contribution is -2.41. The molecule has 1 atom stereocenters. The van der Waals surface area contributed by atoms with E-state index in [4.69, 9.17) is 21.3 Å². The summed E-state index contributed by atoms with van der Waals surface area (Å²) >= 11 is 6.17. The van der Waals surface area contributed by atoms with Crippen molar-refractivity contribution in [2.45, 2.75) is 78.0 Å². The van der Waals surface area contributed by atoms with E-state index in [0.29, 0.717) is 42.3 Å². The van der Waals surface area contributed by atoms with Gasteiger partial charge in [-0.05, 0) is 44.4 Å². The van der Waals surface area contributed by atoms with Crippen molar-refractivity contribution >= 4 is 34.3 Å². The van der Waals surface area contributed by atoms with Crippen molar-refractivity contribution in [3.63, 3.8) is 0 Å². The van der Waals surface area contributed by atoms with Gasteiger partial charge < -0.3 is 14.6 Å². The number of benzene rings is 1. The van der Waals surface area contributed by atoms with Gasteiger partial charge in [-0.15, -0.1) is 0 Å². The zero-order valence-corrected chi connectivity index (χ0v) is 22.0. The summed E-state index contributed by atoms with van der Waals surface area (Å²) in [5.74, 6) is 0.391. The molecular formula is C27H33ClN4O4. The average molecular weight is 513 g/mol. The number of nitrogens with zero attached hydrogens (tertiary/aromatic N) is 3. The maximum atomic E-state index is 13.9. The lowest BCUT2D eigenvalue weighted by Gasteiger charge is -2.17. The van der Waals surface area contributed by atoms with Gasteiger partial charge in [0, 0.05) is 24.9 Å². The first-order chi connectivity index (χ1) is 17.2. The maximum Gasteiger partial charge on any atom is 0.272 e. The highest BCUT2D eigenvalue weighted by atomic mass is 35.5. The second-order valence-corrected chi connectivity index (χ2v) is 10.0. The molecular weight excluding hydrogens is 480 g/mol. The predicted molar refractivity (Wildman–Crippen MR) is 140 cm³/mol. The van der Waals surface area contributed by atoms with Gasteiger partial charge in [-0.3, -0.25) is 19.0 Å². The van der Waals surface area contributed by atoms with Crippen molar-refractivity contribution in [1.29, 1.82) is 0 Å². The Hall–Kier alpha value is -3.13. The molecule has 1 aliphatic carbocycles. The molecule has 0 saturated heterocycles. The lowest BCUT2D eigenvalue weighted by molar-refractivity contribution is -0.120. The van der Waals surface area contributed by atoms with E-state index in [9.17, 15) is 14.4 Å². The molecule has 1 amide bonds. The van der Waals surface area contributed by atoms with Gasteiger partial charge in [-0.2, -0.15) is 0 Å². The van der Waals surface area contributed by atoms with Crippen molar-refractivity contribution in [3.05, 3.63) is 56.7 Å². The van der Waals surface area contributed by atoms with Gasteiger partial charge in [0.2, 0.25) is 0 Å². The normalized spacial score (nSPS) is 16.4. The van der Waals surface area contributed by atoms with Gasteiger partial charge in [0.05, 0.1) is 18.7 Å². The fraction of sp³-hybridized carbons (Fsp3) is 0.481. The van der Waals surface area contributed by atoms with Crippen LogP contribution >= 0.6 is 11.6 Å². The molecule has 3 aromatic rings. The van der Waals surface area contributed by atoms with E-state index < -0.39 is 11.9 Å². The molecule has 8 nitrogen and oxygen atoms in total. The largest absolute Gasteiger partial charge is 0.488 e. The summed E-state index contributed by atoms with van der Waals surface area (Å²) in [4.78, 5) is 44.8. The first-order valence-corrected chi connectivity index (χ1v) is 13.0. The minimum absolute atomic E-state index is 0.0428. The van der Waals surface area contributed by atoms with E-state index in [1.165, 1.54) is 0 Å². The lowest BCUT2D eigenvalue weighted by atomic mass is 10.1. The minimum Gasteiger partial charge on any atom is -0.488 e. The molecule has 1 fully saturated rings. The van der Waals surface area contributed by atoms with E-state index in [-0.39, 0.29) is 34.3 Å². The standard InChI is InChI=1S/C27H33ClN4O4/c1-5-21-30-25-22(27(35)32(21)15-17-10-9-11-18(28)14-17)24(36-16(2)3)23(31(25)4)26(34)29-19-12-7-6-8-13-20(19)33/h9-11,14,16,19H,5-8,12-13,15H2,1-4H3,(H,29,34). The summed E-state index contributed by atoms with van der Waals surface area (Å²) in [7, 11) is 1.70. The zero-order chi connectivity index (χ0) is 26.0. The molecule has 1 saturated carbocycles. The number of amides is 1. The maximum absolute atomic E-state index is 13.9. The molecule has 0 spiro atoms. The Morgan fingerprint density at radius 1 is 1.25 bits per heavy atom. The third-order valence-corrected chi connectivity index (χ3v) is 6.78. The summed E-state index contributed by atoms with van der Waals surface area (Å²) in [6, 6.07) is 6.81. The highest BCUT2D eigenvalue weighted by Gasteiger charge is 2.31. The van der Waals surface area contributed by atoms with Gasteiger partial charge in [0.15, 0.2) is 22.9 Å². The number of aromatic nitrogens is 3. The molecule has 2 heterocycles. The van der Waals surface area contributed by atoms with Crippen molar-refractivity contribution in [1.82, 2.24) is 19.4 Å². The molecule has 0 bridgehead atoms. The molecule has 0 aliphatic heterocycles. The summed E-state index contributed by atoms with van der Waals surface area (Å²) in [6.07, 6.45) is 4.02. The zero-order valence-electron chi connectivity index (χ0n) is 21.3. The first-order valence-electron chi connectivity index (χ1n) is 12.6. The number of ketones is 1. The van der Waals surface area contributed by atoms with Crippen LogP contribution in [0, 0.1) is 0 Å². The van der Waals surface area contributed by atoms with Crippen LogP contribution in [-0.2, 0) is 24.8 Å². The molecule has 1 N–H and O–H groups in total. The fourth-order valence-corrected chi connectivity index (χ4v) is 5.01. The Morgan fingerprint density at radius 3 is 2.72 bits per heavy atom. The Morgan fingerprint density at radius 2 is 2.03 bits per heavy atom. The van der Waals surface area contributed by atoms with Crippen LogP contribution in [0.15, 0.2) is 29.1 Å². The Labute approximate surface area is 215 Å². The predicted octanol–water partition coefficient (Wildman–Crippen LogP) is 4.42. The van der Waals surface area contributed by atoms with Crippen LogP contribution in [0.5, 0.6) is 5.75 Å². The number of carbonyl (C=O) groups excluding carboxylic acids is 2. The monoisotopic (exact) mass is 512 g/mol. The van der Waals surface area contributed by atoms with E-state index >= 15 is 0 Å². The first kappa shape index (κ1) is 25.9. The Balaban J connectivity index is 1.85. The van der Waals surface area contributed by atoms with Crippen LogP contribution in [0.4, 0.5) is 0 Å². The van der Waals surface area contributed by atoms with Gasteiger partial charge in [0.25, 0.3) is 11.5 Å².